The summed E-state index contributed by atoms with van der Waals surface area (Å²) in [4.78, 5) is 28.7. The topological polar surface area (TPSA) is 117 Å². The summed E-state index contributed by atoms with van der Waals surface area (Å²) in [6.07, 6.45) is -4.24. The first-order chi connectivity index (χ1) is 17.6. The molecule has 0 spiro atoms. The smallest absolute Gasteiger partial charge is 0.497 e. The van der Waals surface area contributed by atoms with Crippen LogP contribution < -0.4 is 30.1 Å². The van der Waals surface area contributed by atoms with Crippen molar-refractivity contribution in [3.63, 3.8) is 0 Å². The Morgan fingerprint density at radius 1 is 1.08 bits per heavy atom. The molecule has 3 aromatic rings. The van der Waals surface area contributed by atoms with E-state index in [0.717, 1.165) is 0 Å². The zero-order valence-electron chi connectivity index (χ0n) is 20.0. The summed E-state index contributed by atoms with van der Waals surface area (Å²) in [5.41, 5.74) is 6.63. The molecule has 0 aliphatic rings. The Labute approximate surface area is 214 Å². The molecule has 3 N–H and O–H groups in total. The maximum atomic E-state index is 13.0. The van der Waals surface area contributed by atoms with Crippen LogP contribution in [0.2, 0.25) is 0 Å². The normalized spacial score (nSPS) is 11.9. The maximum Gasteiger partial charge on any atom is 0.573 e. The second-order valence-electron chi connectivity index (χ2n) is 7.61. The highest BCUT2D eigenvalue weighted by Crippen LogP contribution is 2.28. The molecule has 2 amide bonds. The number of nitrogens with zero attached hydrogens (tertiary/aromatic N) is 2. The second-order valence-corrected chi connectivity index (χ2v) is 8.44. The molecule has 0 unspecified atom stereocenters. The number of rotatable bonds is 11. The standard InChI is InChI=1S/C24H25F3N4O5S/c1-34-17-8-9-18(20(12-17)35-2)22(33)30-23-31(11-3-10-29-13-21(28)32)19(14-37-23)15-4-6-16(7-5-15)36-24(25,26)27/h4-9,12,14,29H,3,10-11,13H2,1-2H3,(H2,28,32). The summed E-state index contributed by atoms with van der Waals surface area (Å²) in [5, 5.41) is 4.67. The summed E-state index contributed by atoms with van der Waals surface area (Å²) >= 11 is 1.20. The number of benzene rings is 2. The Morgan fingerprint density at radius 3 is 2.41 bits per heavy atom. The van der Waals surface area contributed by atoms with E-state index in [2.05, 4.69) is 15.0 Å². The molecule has 9 nitrogen and oxygen atoms in total. The third kappa shape index (κ3) is 7.82. The van der Waals surface area contributed by atoms with Crippen LogP contribution in [-0.4, -0.2) is 50.1 Å². The van der Waals surface area contributed by atoms with Gasteiger partial charge in [0.2, 0.25) is 5.91 Å². The van der Waals surface area contributed by atoms with Crippen molar-refractivity contribution in [2.75, 3.05) is 27.3 Å². The number of halogens is 3. The number of hydrogen-bond donors (Lipinski definition) is 2. The first kappa shape index (κ1) is 27.7. The number of nitrogens with one attached hydrogen (secondary N) is 1. The van der Waals surface area contributed by atoms with E-state index in [4.69, 9.17) is 15.2 Å². The number of methoxy groups -OCH3 is 2. The summed E-state index contributed by atoms with van der Waals surface area (Å²) < 4.78 is 53.8. The van der Waals surface area contributed by atoms with E-state index in [1.165, 1.54) is 49.8 Å². The number of thiazole rings is 1. The zero-order chi connectivity index (χ0) is 27.0. The molecule has 0 saturated heterocycles. The first-order valence-electron chi connectivity index (χ1n) is 11.0. The molecule has 0 fully saturated rings. The van der Waals surface area contributed by atoms with Crippen molar-refractivity contribution in [2.24, 2.45) is 10.7 Å². The lowest BCUT2D eigenvalue weighted by molar-refractivity contribution is -0.274. The van der Waals surface area contributed by atoms with E-state index in [1.54, 1.807) is 28.1 Å². The highest BCUT2D eigenvalue weighted by Gasteiger charge is 2.31. The SMILES string of the molecule is COc1ccc(C(=O)N=c2scc(-c3ccc(OC(F)(F)F)cc3)n2CCCNCC(N)=O)c(OC)c1. The van der Waals surface area contributed by atoms with E-state index in [0.29, 0.717) is 47.1 Å². The lowest BCUT2D eigenvalue weighted by Crippen LogP contribution is -2.30. The molecular weight excluding hydrogens is 513 g/mol. The number of hydrogen-bond acceptors (Lipinski definition) is 7. The minimum atomic E-state index is -4.79. The van der Waals surface area contributed by atoms with Gasteiger partial charge in [0.15, 0.2) is 4.80 Å². The second kappa shape index (κ2) is 12.4. The van der Waals surface area contributed by atoms with Crippen LogP contribution in [0.4, 0.5) is 13.2 Å². The van der Waals surface area contributed by atoms with Gasteiger partial charge in [-0.25, -0.2) is 0 Å². The predicted octanol–water partition coefficient (Wildman–Crippen LogP) is 3.34. The minimum Gasteiger partial charge on any atom is -0.497 e. The minimum absolute atomic E-state index is 0.0226. The molecule has 0 radical (unpaired) electrons. The summed E-state index contributed by atoms with van der Waals surface area (Å²) in [7, 11) is 2.93. The van der Waals surface area contributed by atoms with Gasteiger partial charge in [-0.1, -0.05) is 0 Å². The Hall–Kier alpha value is -3.84. The molecule has 1 heterocycles. The fourth-order valence-electron chi connectivity index (χ4n) is 3.39. The molecule has 0 bridgehead atoms. The van der Waals surface area contributed by atoms with Crippen LogP contribution in [0.15, 0.2) is 52.8 Å². The third-order valence-corrected chi connectivity index (χ3v) is 5.92. The monoisotopic (exact) mass is 538 g/mol. The van der Waals surface area contributed by atoms with Gasteiger partial charge in [-0.3, -0.25) is 9.59 Å². The van der Waals surface area contributed by atoms with Crippen molar-refractivity contribution in [2.45, 2.75) is 19.3 Å². The van der Waals surface area contributed by atoms with E-state index in [9.17, 15) is 22.8 Å². The number of alkyl halides is 3. The van der Waals surface area contributed by atoms with Crippen molar-refractivity contribution in [1.82, 2.24) is 9.88 Å². The number of nitrogens with two attached hydrogens (primary N) is 1. The van der Waals surface area contributed by atoms with Gasteiger partial charge in [0.25, 0.3) is 5.91 Å². The average Bonchev–Trinajstić information content (AvgIpc) is 3.24. The van der Waals surface area contributed by atoms with Gasteiger partial charge in [-0.2, -0.15) is 4.99 Å². The summed E-state index contributed by atoms with van der Waals surface area (Å²) in [6, 6.07) is 10.1. The fourth-order valence-corrected chi connectivity index (χ4v) is 4.32. The number of primary amides is 1. The van der Waals surface area contributed by atoms with Crippen molar-refractivity contribution < 1.29 is 37.0 Å². The molecule has 0 aliphatic heterocycles. The largest absolute Gasteiger partial charge is 0.573 e. The molecule has 198 valence electrons. The number of carbonyl (C=O) groups is 2. The van der Waals surface area contributed by atoms with E-state index < -0.39 is 18.2 Å². The Kier molecular flexibility index (Phi) is 9.31. The fraction of sp³-hybridized carbons (Fsp3) is 0.292. The van der Waals surface area contributed by atoms with Crippen molar-refractivity contribution in [3.05, 3.63) is 58.2 Å². The van der Waals surface area contributed by atoms with Crippen LogP contribution >= 0.6 is 11.3 Å². The van der Waals surface area contributed by atoms with Gasteiger partial charge in [-0.05, 0) is 54.9 Å². The van der Waals surface area contributed by atoms with Crippen molar-refractivity contribution >= 4 is 23.2 Å². The van der Waals surface area contributed by atoms with Gasteiger partial charge in [0.05, 0.1) is 32.0 Å². The van der Waals surface area contributed by atoms with Gasteiger partial charge >= 0.3 is 6.36 Å². The highest BCUT2D eigenvalue weighted by atomic mass is 32.1. The molecule has 13 heteroatoms. The van der Waals surface area contributed by atoms with Gasteiger partial charge < -0.3 is 29.8 Å². The highest BCUT2D eigenvalue weighted by molar-refractivity contribution is 7.07. The third-order valence-electron chi connectivity index (χ3n) is 5.05. The molecule has 0 atom stereocenters. The maximum absolute atomic E-state index is 13.0. The van der Waals surface area contributed by atoms with E-state index >= 15 is 0 Å². The average molecular weight is 539 g/mol. The molecule has 0 aliphatic carbocycles. The quantitative estimate of drug-likeness (QED) is 0.362. The Morgan fingerprint density at radius 2 is 1.78 bits per heavy atom. The zero-order valence-corrected chi connectivity index (χ0v) is 20.8. The Bertz CT molecular complexity index is 1300. The number of amides is 2. The molecule has 0 saturated carbocycles. The predicted molar refractivity (Wildman–Crippen MR) is 131 cm³/mol. The molecule has 37 heavy (non-hydrogen) atoms. The lowest BCUT2D eigenvalue weighted by atomic mass is 10.1. The van der Waals surface area contributed by atoms with Crippen LogP contribution in [-0.2, 0) is 11.3 Å². The van der Waals surface area contributed by atoms with Crippen molar-refractivity contribution in [3.8, 4) is 28.5 Å². The molecular formula is C24H25F3N4O5S. The summed E-state index contributed by atoms with van der Waals surface area (Å²) in [6.45, 7) is 0.884. The molecule has 3 rings (SSSR count). The van der Waals surface area contributed by atoms with Gasteiger partial charge in [0.1, 0.15) is 17.2 Å². The van der Waals surface area contributed by atoms with Crippen LogP contribution in [0.3, 0.4) is 0 Å². The first-order valence-corrected chi connectivity index (χ1v) is 11.8. The summed E-state index contributed by atoms with van der Waals surface area (Å²) in [5.74, 6) is -0.557. The van der Waals surface area contributed by atoms with Crippen molar-refractivity contribution in [1.29, 1.82) is 0 Å². The number of ether oxygens (including phenoxy) is 3. The van der Waals surface area contributed by atoms with Gasteiger partial charge in [0, 0.05) is 18.0 Å². The number of carbonyl (C=O) groups excluding carboxylic acids is 2. The Balaban J connectivity index is 1.95. The van der Waals surface area contributed by atoms with E-state index in [1.807, 2.05) is 0 Å². The van der Waals surface area contributed by atoms with Crippen LogP contribution in [0.1, 0.15) is 16.8 Å². The van der Waals surface area contributed by atoms with Crippen LogP contribution in [0.25, 0.3) is 11.3 Å². The van der Waals surface area contributed by atoms with E-state index in [-0.39, 0.29) is 17.9 Å². The van der Waals surface area contributed by atoms with Crippen LogP contribution in [0, 0.1) is 0 Å². The number of aromatic nitrogens is 1. The molecule has 1 aromatic heterocycles. The molecule has 2 aromatic carbocycles. The lowest BCUT2D eigenvalue weighted by Gasteiger charge is -2.12. The van der Waals surface area contributed by atoms with Crippen LogP contribution in [0.5, 0.6) is 17.2 Å². The van der Waals surface area contributed by atoms with Gasteiger partial charge in [-0.15, -0.1) is 24.5 Å².